The average Bonchev–Trinajstić information content (AvgIpc) is 3.09. The SMILES string of the molecule is O=C1OCC=C[C@H]2O[C@]34C=CCN(CCN5CCOCC5)C(=O)C3N(CCO)C(=O)[C@@H]4[C@@H]12. The first-order valence-electron chi connectivity index (χ1n) is 11.3. The van der Waals surface area contributed by atoms with E-state index in [1.165, 1.54) is 4.90 Å². The molecular formula is C22H29N3O7. The molecule has 0 radical (unpaired) electrons. The van der Waals surface area contributed by atoms with E-state index in [4.69, 9.17) is 14.2 Å². The first-order chi connectivity index (χ1) is 15.6. The van der Waals surface area contributed by atoms with Gasteiger partial charge in [-0.1, -0.05) is 18.2 Å². The van der Waals surface area contributed by atoms with Crippen LogP contribution in [0.2, 0.25) is 0 Å². The molecular weight excluding hydrogens is 418 g/mol. The zero-order valence-corrected chi connectivity index (χ0v) is 17.9. The molecule has 174 valence electrons. The van der Waals surface area contributed by atoms with Crippen molar-refractivity contribution in [2.75, 3.05) is 65.7 Å². The lowest BCUT2D eigenvalue weighted by atomic mass is 9.78. The molecule has 0 aromatic heterocycles. The minimum Gasteiger partial charge on any atom is -0.461 e. The summed E-state index contributed by atoms with van der Waals surface area (Å²) in [6.07, 6.45) is 6.49. The van der Waals surface area contributed by atoms with Gasteiger partial charge < -0.3 is 29.1 Å². The second-order valence-corrected chi connectivity index (χ2v) is 8.80. The molecule has 5 aliphatic heterocycles. The predicted molar refractivity (Wildman–Crippen MR) is 110 cm³/mol. The van der Waals surface area contributed by atoms with Crippen molar-refractivity contribution in [3.05, 3.63) is 24.3 Å². The highest BCUT2D eigenvalue weighted by molar-refractivity contribution is 5.99. The fourth-order valence-corrected chi connectivity index (χ4v) is 5.65. The lowest BCUT2D eigenvalue weighted by Crippen LogP contribution is -2.56. The van der Waals surface area contributed by atoms with Crippen molar-refractivity contribution in [3.8, 4) is 0 Å². The Labute approximate surface area is 186 Å². The van der Waals surface area contributed by atoms with Gasteiger partial charge in [0.05, 0.1) is 31.8 Å². The number of aliphatic hydroxyl groups excluding tert-OH is 1. The van der Waals surface area contributed by atoms with E-state index in [1.54, 1.807) is 23.1 Å². The first-order valence-corrected chi connectivity index (χ1v) is 11.3. The summed E-state index contributed by atoms with van der Waals surface area (Å²) in [6, 6.07) is -0.927. The summed E-state index contributed by atoms with van der Waals surface area (Å²) < 4.78 is 17.0. The van der Waals surface area contributed by atoms with E-state index in [0.717, 1.165) is 13.1 Å². The molecule has 10 nitrogen and oxygen atoms in total. The van der Waals surface area contributed by atoms with Gasteiger partial charge in [0.25, 0.3) is 0 Å². The van der Waals surface area contributed by atoms with E-state index in [2.05, 4.69) is 4.90 Å². The smallest absolute Gasteiger partial charge is 0.313 e. The number of ether oxygens (including phenoxy) is 3. The van der Waals surface area contributed by atoms with Crippen molar-refractivity contribution in [1.82, 2.24) is 14.7 Å². The van der Waals surface area contributed by atoms with Crippen molar-refractivity contribution in [2.24, 2.45) is 11.8 Å². The Morgan fingerprint density at radius 3 is 2.66 bits per heavy atom. The number of nitrogens with zero attached hydrogens (tertiary/aromatic N) is 3. The van der Waals surface area contributed by atoms with Crippen molar-refractivity contribution in [3.63, 3.8) is 0 Å². The molecule has 1 unspecified atom stereocenters. The number of amides is 2. The number of morpholine rings is 1. The molecule has 3 fully saturated rings. The van der Waals surface area contributed by atoms with Crippen LogP contribution in [0.15, 0.2) is 24.3 Å². The zero-order valence-electron chi connectivity index (χ0n) is 17.9. The summed E-state index contributed by atoms with van der Waals surface area (Å²) >= 11 is 0. The molecule has 5 atom stereocenters. The molecule has 0 aliphatic carbocycles. The van der Waals surface area contributed by atoms with Crippen LogP contribution in [0.4, 0.5) is 0 Å². The fourth-order valence-electron chi connectivity index (χ4n) is 5.65. The zero-order chi connectivity index (χ0) is 22.3. The van der Waals surface area contributed by atoms with E-state index < -0.39 is 35.6 Å². The number of carbonyl (C=O) groups is 3. The number of hydrogen-bond acceptors (Lipinski definition) is 8. The third-order valence-electron chi connectivity index (χ3n) is 7.13. The molecule has 1 spiro atoms. The highest BCUT2D eigenvalue weighted by atomic mass is 16.6. The van der Waals surface area contributed by atoms with Crippen LogP contribution in [-0.2, 0) is 28.6 Å². The number of β-amino-alcohol motifs (C(OH)–C–C–N with tert-alkyl or cyclic N) is 1. The topological polar surface area (TPSA) is 109 Å². The van der Waals surface area contributed by atoms with Crippen molar-refractivity contribution in [2.45, 2.75) is 17.7 Å². The Morgan fingerprint density at radius 1 is 1.06 bits per heavy atom. The quantitative estimate of drug-likeness (QED) is 0.397. The summed E-state index contributed by atoms with van der Waals surface area (Å²) in [5.74, 6) is -2.74. The van der Waals surface area contributed by atoms with Gasteiger partial charge >= 0.3 is 5.97 Å². The molecule has 0 saturated carbocycles. The normalized spacial score (nSPS) is 37.1. The van der Waals surface area contributed by atoms with Crippen LogP contribution in [0.5, 0.6) is 0 Å². The van der Waals surface area contributed by atoms with Gasteiger partial charge in [-0.25, -0.2) is 0 Å². The molecule has 3 saturated heterocycles. The van der Waals surface area contributed by atoms with E-state index in [1.807, 2.05) is 6.08 Å². The van der Waals surface area contributed by atoms with Gasteiger partial charge in [0.1, 0.15) is 24.2 Å². The average molecular weight is 447 g/mol. The molecule has 1 N–H and O–H groups in total. The second kappa shape index (κ2) is 8.58. The van der Waals surface area contributed by atoms with Crippen LogP contribution in [0.1, 0.15) is 0 Å². The third kappa shape index (κ3) is 3.37. The van der Waals surface area contributed by atoms with Gasteiger partial charge in [0, 0.05) is 39.3 Å². The van der Waals surface area contributed by atoms with Crippen LogP contribution in [0.3, 0.4) is 0 Å². The van der Waals surface area contributed by atoms with Crippen molar-refractivity contribution >= 4 is 17.8 Å². The second-order valence-electron chi connectivity index (χ2n) is 8.80. The van der Waals surface area contributed by atoms with Gasteiger partial charge in [-0.05, 0) is 6.08 Å². The fraction of sp³-hybridized carbons (Fsp3) is 0.682. The number of likely N-dealkylation sites (tertiary alicyclic amines) is 1. The molecule has 10 heteroatoms. The Hall–Kier alpha value is -2.27. The molecule has 5 heterocycles. The maximum Gasteiger partial charge on any atom is 0.313 e. The van der Waals surface area contributed by atoms with Crippen LogP contribution < -0.4 is 0 Å². The van der Waals surface area contributed by atoms with Gasteiger partial charge in [-0.3, -0.25) is 19.3 Å². The number of hydrogen-bond donors (Lipinski definition) is 1. The molecule has 0 bridgehead atoms. The lowest BCUT2D eigenvalue weighted by Gasteiger charge is -2.36. The van der Waals surface area contributed by atoms with E-state index >= 15 is 0 Å². The highest BCUT2D eigenvalue weighted by Crippen LogP contribution is 2.53. The molecule has 5 rings (SSSR count). The summed E-state index contributed by atoms with van der Waals surface area (Å²) in [7, 11) is 0. The number of aliphatic hydroxyl groups is 1. The maximum absolute atomic E-state index is 13.8. The molecule has 5 aliphatic rings. The number of cyclic esters (lactones) is 1. The number of esters is 1. The first kappa shape index (κ1) is 21.6. The number of rotatable bonds is 5. The van der Waals surface area contributed by atoms with Crippen LogP contribution in [0.25, 0.3) is 0 Å². The Kier molecular flexibility index (Phi) is 5.79. The summed E-state index contributed by atoms with van der Waals surface area (Å²) in [5.41, 5.74) is -1.26. The van der Waals surface area contributed by atoms with Gasteiger partial charge in [0.15, 0.2) is 0 Å². The molecule has 0 aromatic rings. The van der Waals surface area contributed by atoms with E-state index in [-0.39, 0.29) is 31.6 Å². The third-order valence-corrected chi connectivity index (χ3v) is 7.13. The maximum atomic E-state index is 13.8. The van der Waals surface area contributed by atoms with Crippen molar-refractivity contribution in [1.29, 1.82) is 0 Å². The highest BCUT2D eigenvalue weighted by Gasteiger charge is 2.71. The number of fused-ring (bicyclic) bond motifs is 2. The molecule has 0 aromatic carbocycles. The Morgan fingerprint density at radius 2 is 1.88 bits per heavy atom. The van der Waals surface area contributed by atoms with Gasteiger partial charge in [-0.2, -0.15) is 0 Å². The number of carbonyl (C=O) groups excluding carboxylic acids is 3. The predicted octanol–water partition coefficient (Wildman–Crippen LogP) is -1.60. The van der Waals surface area contributed by atoms with Gasteiger partial charge in [-0.15, -0.1) is 0 Å². The summed E-state index contributed by atoms with van der Waals surface area (Å²) in [5, 5.41) is 9.62. The Balaban J connectivity index is 1.45. The van der Waals surface area contributed by atoms with Crippen LogP contribution in [0, 0.1) is 11.8 Å². The molecule has 32 heavy (non-hydrogen) atoms. The van der Waals surface area contributed by atoms with Crippen LogP contribution >= 0.6 is 0 Å². The Bertz CT molecular complexity index is 839. The largest absolute Gasteiger partial charge is 0.461 e. The standard InChI is InChI=1S/C22H29N3O7/c26-11-8-25-18-20(28)24(7-6-23-9-13-30-14-10-23)5-2-4-22(18)17(19(25)27)16-15(32-22)3-1-12-31-21(16)29/h1-4,15-18,26H,5-14H2/t15-,16+,17+,18?,22+/m1/s1. The minimum absolute atomic E-state index is 0.00423. The van der Waals surface area contributed by atoms with E-state index in [9.17, 15) is 19.5 Å². The van der Waals surface area contributed by atoms with Crippen LogP contribution in [-0.4, -0.2) is 121 Å². The summed E-state index contributed by atoms with van der Waals surface area (Å²) in [6.45, 7) is 4.48. The van der Waals surface area contributed by atoms with E-state index in [0.29, 0.717) is 32.8 Å². The minimum atomic E-state index is -1.26. The monoisotopic (exact) mass is 447 g/mol. The van der Waals surface area contributed by atoms with Gasteiger partial charge in [0.2, 0.25) is 11.8 Å². The summed E-state index contributed by atoms with van der Waals surface area (Å²) in [4.78, 5) is 45.4. The molecule has 2 amide bonds. The lowest BCUT2D eigenvalue weighted by molar-refractivity contribution is -0.153. The van der Waals surface area contributed by atoms with Crippen molar-refractivity contribution < 1.29 is 33.7 Å².